The zero-order valence-electron chi connectivity index (χ0n) is 14.7. The van der Waals surface area contributed by atoms with Crippen LogP contribution >= 0.6 is 0 Å². The van der Waals surface area contributed by atoms with E-state index in [-0.39, 0.29) is 12.5 Å². The molecule has 0 aromatic heterocycles. The van der Waals surface area contributed by atoms with Gasteiger partial charge in [0.15, 0.2) is 0 Å². The Morgan fingerprint density at radius 3 is 2.61 bits per heavy atom. The molecule has 0 amide bonds. The fourth-order valence-corrected chi connectivity index (χ4v) is 4.98. The maximum Gasteiger partial charge on any atom is 0.325 e. The largest absolute Gasteiger partial charge is 0.465 e. The normalized spacial score (nSPS) is 29.1. The quantitative estimate of drug-likeness (QED) is 0.584. The van der Waals surface area contributed by atoms with Gasteiger partial charge in [0.1, 0.15) is 6.04 Å². The van der Waals surface area contributed by atoms with Crippen molar-refractivity contribution in [3.8, 4) is 0 Å². The smallest absolute Gasteiger partial charge is 0.325 e. The first-order chi connectivity index (χ1) is 10.7. The van der Waals surface area contributed by atoms with Gasteiger partial charge in [-0.15, -0.1) is 0 Å². The molecule has 0 radical (unpaired) electrons. The average molecular weight is 343 g/mol. The number of esters is 1. The third kappa shape index (κ3) is 3.63. The number of sulfonamides is 1. The van der Waals surface area contributed by atoms with Gasteiger partial charge in [-0.1, -0.05) is 24.5 Å². The van der Waals surface area contributed by atoms with Crippen molar-refractivity contribution in [2.24, 2.45) is 5.92 Å². The van der Waals surface area contributed by atoms with Crippen molar-refractivity contribution >= 4 is 16.0 Å². The number of rotatable bonds is 3. The second-order valence-corrected chi connectivity index (χ2v) is 10.0. The molecule has 1 aliphatic carbocycles. The summed E-state index contributed by atoms with van der Waals surface area (Å²) in [6, 6.07) is -0.705. The van der Waals surface area contributed by atoms with E-state index in [0.717, 1.165) is 37.7 Å². The summed E-state index contributed by atoms with van der Waals surface area (Å²) >= 11 is 0. The Kier molecular flexibility index (Phi) is 5.56. The number of carbonyl (C=O) groups excluding carboxylic acids is 1. The molecular formula is C17H29NO4S. The summed E-state index contributed by atoms with van der Waals surface area (Å²) < 4.78 is 31.6. The summed E-state index contributed by atoms with van der Waals surface area (Å²) in [5, 5.41) is 0. The van der Waals surface area contributed by atoms with Crippen LogP contribution in [0.3, 0.4) is 0 Å². The number of fused-ring (bicyclic) bond motifs is 1. The van der Waals surface area contributed by atoms with E-state index in [4.69, 9.17) is 4.74 Å². The predicted octanol–water partition coefficient (Wildman–Crippen LogP) is 2.87. The molecule has 5 nitrogen and oxygen atoms in total. The van der Waals surface area contributed by atoms with Crippen molar-refractivity contribution in [3.63, 3.8) is 0 Å². The first-order valence-electron chi connectivity index (χ1n) is 8.57. The summed E-state index contributed by atoms with van der Waals surface area (Å²) in [5.41, 5.74) is 1.09. The van der Waals surface area contributed by atoms with E-state index < -0.39 is 26.8 Å². The molecule has 0 bridgehead atoms. The van der Waals surface area contributed by atoms with E-state index in [9.17, 15) is 13.2 Å². The maximum atomic E-state index is 13.0. The Morgan fingerprint density at radius 1 is 1.30 bits per heavy atom. The van der Waals surface area contributed by atoms with Gasteiger partial charge in [-0.05, 0) is 47.0 Å². The van der Waals surface area contributed by atoms with Gasteiger partial charge < -0.3 is 4.74 Å². The van der Waals surface area contributed by atoms with Gasteiger partial charge in [0.2, 0.25) is 10.0 Å². The second kappa shape index (κ2) is 6.93. The monoisotopic (exact) mass is 343 g/mol. The lowest BCUT2D eigenvalue weighted by Crippen LogP contribution is -2.50. The Bertz CT molecular complexity index is 574. The predicted molar refractivity (Wildman–Crippen MR) is 90.5 cm³/mol. The summed E-state index contributed by atoms with van der Waals surface area (Å²) in [5.74, 6) is -0.444. The Morgan fingerprint density at radius 2 is 2.00 bits per heavy atom. The van der Waals surface area contributed by atoms with Gasteiger partial charge in [-0.3, -0.25) is 4.79 Å². The van der Waals surface area contributed by atoms with E-state index in [1.54, 1.807) is 27.7 Å². The molecule has 0 spiro atoms. The number of carbonyl (C=O) groups is 1. The van der Waals surface area contributed by atoms with Gasteiger partial charge in [0.05, 0.1) is 11.4 Å². The van der Waals surface area contributed by atoms with Crippen LogP contribution in [0.5, 0.6) is 0 Å². The van der Waals surface area contributed by atoms with Crippen LogP contribution in [-0.4, -0.2) is 42.6 Å². The highest BCUT2D eigenvalue weighted by Gasteiger charge is 2.51. The maximum absolute atomic E-state index is 13.0. The number of allylic oxidation sites excluding steroid dienone is 1. The van der Waals surface area contributed by atoms with Crippen molar-refractivity contribution < 1.29 is 17.9 Å². The zero-order valence-corrected chi connectivity index (χ0v) is 15.5. The van der Waals surface area contributed by atoms with E-state index in [1.807, 2.05) is 0 Å². The molecule has 0 aromatic carbocycles. The number of hydrogen-bond donors (Lipinski definition) is 0. The van der Waals surface area contributed by atoms with Crippen LogP contribution in [0.2, 0.25) is 0 Å². The molecule has 2 aliphatic rings. The van der Waals surface area contributed by atoms with Crippen LogP contribution in [-0.2, 0) is 19.6 Å². The van der Waals surface area contributed by atoms with E-state index >= 15 is 0 Å². The van der Waals surface area contributed by atoms with E-state index in [0.29, 0.717) is 6.54 Å². The minimum atomic E-state index is -3.58. The summed E-state index contributed by atoms with van der Waals surface area (Å²) in [7, 11) is -3.58. The van der Waals surface area contributed by atoms with Gasteiger partial charge in [0, 0.05) is 12.5 Å². The van der Waals surface area contributed by atoms with Crippen molar-refractivity contribution in [2.75, 3.05) is 13.2 Å². The van der Waals surface area contributed by atoms with Gasteiger partial charge in [-0.2, -0.15) is 4.31 Å². The molecule has 1 heterocycles. The summed E-state index contributed by atoms with van der Waals surface area (Å²) in [6.45, 7) is 7.39. The van der Waals surface area contributed by atoms with Gasteiger partial charge >= 0.3 is 5.97 Å². The molecule has 0 saturated carbocycles. The lowest BCUT2D eigenvalue weighted by Gasteiger charge is -2.31. The van der Waals surface area contributed by atoms with E-state index in [2.05, 4.69) is 6.08 Å². The lowest BCUT2D eigenvalue weighted by atomic mass is 9.87. The fraction of sp³-hybridized carbons (Fsp3) is 0.824. The molecule has 0 N–H and O–H groups in total. The van der Waals surface area contributed by atoms with Crippen LogP contribution in [0.1, 0.15) is 59.8 Å². The molecular weight excluding hydrogens is 314 g/mol. The third-order valence-corrected chi connectivity index (χ3v) is 7.26. The van der Waals surface area contributed by atoms with Crippen molar-refractivity contribution in [1.29, 1.82) is 0 Å². The molecule has 0 unspecified atom stereocenters. The topological polar surface area (TPSA) is 63.7 Å². The Hall–Kier alpha value is -0.880. The minimum absolute atomic E-state index is 0.0357. The van der Waals surface area contributed by atoms with Crippen LogP contribution in [0, 0.1) is 5.92 Å². The molecule has 0 aromatic rings. The lowest BCUT2D eigenvalue weighted by molar-refractivity contribution is -0.148. The minimum Gasteiger partial charge on any atom is -0.465 e. The third-order valence-electron chi connectivity index (χ3n) is 4.74. The van der Waals surface area contributed by atoms with Gasteiger partial charge in [-0.25, -0.2) is 8.42 Å². The van der Waals surface area contributed by atoms with Gasteiger partial charge in [0.25, 0.3) is 0 Å². The van der Waals surface area contributed by atoms with Crippen LogP contribution in [0.25, 0.3) is 0 Å². The SMILES string of the molecule is CCOC(=O)[C@@H]1[C@@H]2CCCCC/C=C\2CN1S(=O)(=O)C(C)(C)C. The van der Waals surface area contributed by atoms with E-state index in [1.165, 1.54) is 4.31 Å². The molecule has 1 saturated heterocycles. The fourth-order valence-electron chi connectivity index (χ4n) is 3.43. The molecule has 1 fully saturated rings. The van der Waals surface area contributed by atoms with Crippen molar-refractivity contribution in [1.82, 2.24) is 4.31 Å². The second-order valence-electron chi connectivity index (χ2n) is 7.38. The Balaban J connectivity index is 2.44. The molecule has 2 atom stereocenters. The van der Waals surface area contributed by atoms with Crippen molar-refractivity contribution in [2.45, 2.75) is 70.6 Å². The highest BCUT2D eigenvalue weighted by Crippen LogP contribution is 2.40. The summed E-state index contributed by atoms with van der Waals surface area (Å²) in [6.07, 6.45) is 7.25. The molecule has 132 valence electrons. The number of ether oxygens (including phenoxy) is 1. The average Bonchev–Trinajstić information content (AvgIpc) is 2.76. The highest BCUT2D eigenvalue weighted by molar-refractivity contribution is 7.90. The number of hydrogen-bond acceptors (Lipinski definition) is 4. The molecule has 6 heteroatoms. The number of nitrogens with zero attached hydrogens (tertiary/aromatic N) is 1. The highest BCUT2D eigenvalue weighted by atomic mass is 32.2. The van der Waals surface area contributed by atoms with Crippen molar-refractivity contribution in [3.05, 3.63) is 11.6 Å². The van der Waals surface area contributed by atoms with Crippen LogP contribution in [0.4, 0.5) is 0 Å². The van der Waals surface area contributed by atoms with Crippen LogP contribution in [0.15, 0.2) is 11.6 Å². The standard InChI is InChI=1S/C17H29NO4S/c1-5-22-16(19)15-14-11-9-7-6-8-10-13(14)12-18(15)23(20,21)17(2,3)4/h10,14-15H,5-9,11-12H2,1-4H3/b13-10-/t14-,15+/m1/s1. The first-order valence-corrected chi connectivity index (χ1v) is 10.0. The molecule has 2 rings (SSSR count). The molecule has 1 aliphatic heterocycles. The zero-order chi connectivity index (χ0) is 17.3. The first kappa shape index (κ1) is 18.5. The van der Waals surface area contributed by atoms with Crippen LogP contribution < -0.4 is 0 Å². The summed E-state index contributed by atoms with van der Waals surface area (Å²) in [4.78, 5) is 12.5. The molecule has 23 heavy (non-hydrogen) atoms. The Labute approximate surface area is 140 Å².